The summed E-state index contributed by atoms with van der Waals surface area (Å²) in [6, 6.07) is 0.00709. The molecule has 98 valence electrons. The van der Waals surface area contributed by atoms with Gasteiger partial charge in [0, 0.05) is 18.8 Å². The van der Waals surface area contributed by atoms with E-state index in [-0.39, 0.29) is 6.04 Å². The minimum atomic E-state index is 0.00709. The van der Waals surface area contributed by atoms with Crippen molar-refractivity contribution in [1.29, 1.82) is 0 Å². The summed E-state index contributed by atoms with van der Waals surface area (Å²) in [5.41, 5.74) is 7.80. The second kappa shape index (κ2) is 5.92. The molecule has 0 aliphatic carbocycles. The minimum absolute atomic E-state index is 0.00709. The van der Waals surface area contributed by atoms with Crippen LogP contribution in [0.15, 0.2) is 15.4 Å². The number of halogens is 1. The highest BCUT2D eigenvalue weighted by Crippen LogP contribution is 2.26. The molecule has 0 radical (unpaired) electrons. The maximum atomic E-state index is 5.62. The molecule has 2 rings (SSSR count). The van der Waals surface area contributed by atoms with Gasteiger partial charge in [-0.05, 0) is 22.4 Å². The minimum Gasteiger partial charge on any atom is -0.271 e. The van der Waals surface area contributed by atoms with Crippen molar-refractivity contribution >= 4 is 27.3 Å². The van der Waals surface area contributed by atoms with E-state index < -0.39 is 0 Å². The summed E-state index contributed by atoms with van der Waals surface area (Å²) in [6.07, 6.45) is 1.66. The van der Waals surface area contributed by atoms with E-state index in [1.54, 1.807) is 11.3 Å². The molecule has 0 saturated heterocycles. The van der Waals surface area contributed by atoms with E-state index in [9.17, 15) is 0 Å². The molecule has 2 heterocycles. The molecule has 18 heavy (non-hydrogen) atoms. The lowest BCUT2D eigenvalue weighted by atomic mass is 10.1. The first-order valence-electron chi connectivity index (χ1n) is 5.71. The lowest BCUT2D eigenvalue weighted by Gasteiger charge is -2.14. The largest absolute Gasteiger partial charge is 0.271 e. The van der Waals surface area contributed by atoms with Gasteiger partial charge in [0.05, 0.1) is 33.1 Å². The third kappa shape index (κ3) is 2.64. The average Bonchev–Trinajstić information content (AvgIpc) is 2.97. The summed E-state index contributed by atoms with van der Waals surface area (Å²) in [4.78, 5) is 4.30. The molecule has 5 nitrogen and oxygen atoms in total. The lowest BCUT2D eigenvalue weighted by molar-refractivity contribution is 0.519. The number of aryl methyl sites for hydroxylation is 2. The maximum absolute atomic E-state index is 5.62. The molecule has 0 saturated carbocycles. The smallest absolute Gasteiger partial charge is 0.0795 e. The van der Waals surface area contributed by atoms with Gasteiger partial charge < -0.3 is 0 Å². The summed E-state index contributed by atoms with van der Waals surface area (Å²) in [5, 5.41) is 6.49. The van der Waals surface area contributed by atoms with Crippen molar-refractivity contribution in [3.05, 3.63) is 32.4 Å². The Kier molecular flexibility index (Phi) is 4.50. The average molecular weight is 330 g/mol. The van der Waals surface area contributed by atoms with E-state index in [2.05, 4.69) is 38.4 Å². The Morgan fingerprint density at radius 3 is 2.89 bits per heavy atom. The Bertz CT molecular complexity index is 508. The predicted molar refractivity (Wildman–Crippen MR) is 76.2 cm³/mol. The van der Waals surface area contributed by atoms with Gasteiger partial charge in [0.15, 0.2) is 0 Å². The Hall–Kier alpha value is -0.760. The van der Waals surface area contributed by atoms with Gasteiger partial charge in [-0.3, -0.25) is 16.0 Å². The fraction of sp³-hybridized carbons (Fsp3) is 0.455. The second-order valence-electron chi connectivity index (χ2n) is 4.02. The molecule has 0 spiro atoms. The van der Waals surface area contributed by atoms with Crippen LogP contribution in [0, 0.1) is 0 Å². The van der Waals surface area contributed by atoms with E-state index in [1.165, 1.54) is 0 Å². The molecule has 0 bridgehead atoms. The number of hydrogen-bond acceptors (Lipinski definition) is 5. The highest BCUT2D eigenvalue weighted by Gasteiger charge is 2.19. The first-order chi connectivity index (χ1) is 8.67. The van der Waals surface area contributed by atoms with E-state index >= 15 is 0 Å². The first-order valence-corrected chi connectivity index (χ1v) is 7.45. The van der Waals surface area contributed by atoms with Crippen LogP contribution in [0.25, 0.3) is 0 Å². The number of hydrogen-bond donors (Lipinski definition) is 2. The Morgan fingerprint density at radius 2 is 2.39 bits per heavy atom. The van der Waals surface area contributed by atoms with E-state index in [4.69, 9.17) is 5.84 Å². The van der Waals surface area contributed by atoms with Crippen molar-refractivity contribution in [1.82, 2.24) is 20.2 Å². The molecule has 1 unspecified atom stereocenters. The standard InChI is InChI=1S/C11H16BrN5S/c1-3-7-11(12)10(17(2)16-7)4-8(15-13)9-5-18-6-14-9/h5-6,8,15H,3-4,13H2,1-2H3. The van der Waals surface area contributed by atoms with Crippen LogP contribution in [0.5, 0.6) is 0 Å². The van der Waals surface area contributed by atoms with Crippen molar-refractivity contribution in [3.63, 3.8) is 0 Å². The molecular weight excluding hydrogens is 314 g/mol. The Morgan fingerprint density at radius 1 is 1.61 bits per heavy atom. The van der Waals surface area contributed by atoms with Crippen LogP contribution in [-0.4, -0.2) is 14.8 Å². The van der Waals surface area contributed by atoms with Crippen LogP contribution in [0.1, 0.15) is 30.0 Å². The zero-order chi connectivity index (χ0) is 13.1. The lowest BCUT2D eigenvalue weighted by Crippen LogP contribution is -2.30. The number of rotatable bonds is 5. The van der Waals surface area contributed by atoms with Crippen molar-refractivity contribution in [3.8, 4) is 0 Å². The number of aromatic nitrogens is 3. The van der Waals surface area contributed by atoms with Crippen LogP contribution >= 0.6 is 27.3 Å². The van der Waals surface area contributed by atoms with Gasteiger partial charge in [0.2, 0.25) is 0 Å². The van der Waals surface area contributed by atoms with Crippen LogP contribution in [0.2, 0.25) is 0 Å². The topological polar surface area (TPSA) is 68.8 Å². The van der Waals surface area contributed by atoms with Gasteiger partial charge in [-0.1, -0.05) is 6.92 Å². The van der Waals surface area contributed by atoms with Crippen molar-refractivity contribution in [2.24, 2.45) is 12.9 Å². The summed E-state index contributed by atoms with van der Waals surface area (Å²) < 4.78 is 2.97. The predicted octanol–water partition coefficient (Wildman–Crippen LogP) is 1.95. The highest BCUT2D eigenvalue weighted by molar-refractivity contribution is 9.10. The molecule has 7 heteroatoms. The van der Waals surface area contributed by atoms with Gasteiger partial charge in [-0.25, -0.2) is 4.98 Å². The zero-order valence-corrected chi connectivity index (χ0v) is 12.8. The molecule has 2 aromatic rings. The molecular formula is C11H16BrN5S. The van der Waals surface area contributed by atoms with Crippen molar-refractivity contribution in [2.45, 2.75) is 25.8 Å². The SMILES string of the molecule is CCc1nn(C)c(CC(NN)c2cscn2)c1Br. The van der Waals surface area contributed by atoms with Gasteiger partial charge >= 0.3 is 0 Å². The quantitative estimate of drug-likeness (QED) is 0.649. The monoisotopic (exact) mass is 329 g/mol. The van der Waals surface area contributed by atoms with Crippen LogP contribution < -0.4 is 11.3 Å². The van der Waals surface area contributed by atoms with Gasteiger partial charge in [0.1, 0.15) is 0 Å². The third-order valence-electron chi connectivity index (χ3n) is 2.91. The van der Waals surface area contributed by atoms with Crippen molar-refractivity contribution < 1.29 is 0 Å². The fourth-order valence-corrected chi connectivity index (χ4v) is 3.26. The van der Waals surface area contributed by atoms with Gasteiger partial charge in [-0.2, -0.15) is 5.10 Å². The van der Waals surface area contributed by atoms with Gasteiger partial charge in [-0.15, -0.1) is 11.3 Å². The molecule has 0 aliphatic rings. The molecule has 1 atom stereocenters. The number of nitrogens with zero attached hydrogens (tertiary/aromatic N) is 3. The molecule has 0 amide bonds. The Balaban J connectivity index is 2.25. The first kappa shape index (κ1) is 13.7. The summed E-state index contributed by atoms with van der Waals surface area (Å²) in [6.45, 7) is 2.09. The normalized spacial score (nSPS) is 12.9. The zero-order valence-electron chi connectivity index (χ0n) is 10.4. The highest BCUT2D eigenvalue weighted by atomic mass is 79.9. The fourth-order valence-electron chi connectivity index (χ4n) is 1.88. The molecule has 2 aromatic heterocycles. The Labute approximate surface area is 119 Å². The number of nitrogens with two attached hydrogens (primary N) is 1. The maximum Gasteiger partial charge on any atom is 0.0795 e. The van der Waals surface area contributed by atoms with E-state index in [1.807, 2.05) is 22.6 Å². The van der Waals surface area contributed by atoms with Gasteiger partial charge in [0.25, 0.3) is 0 Å². The molecule has 3 N–H and O–H groups in total. The molecule has 0 fully saturated rings. The number of hydrazine groups is 1. The third-order valence-corrected chi connectivity index (χ3v) is 4.43. The van der Waals surface area contributed by atoms with E-state index in [0.29, 0.717) is 0 Å². The second-order valence-corrected chi connectivity index (χ2v) is 5.53. The summed E-state index contributed by atoms with van der Waals surface area (Å²) in [7, 11) is 1.95. The van der Waals surface area contributed by atoms with Crippen molar-refractivity contribution in [2.75, 3.05) is 0 Å². The molecule has 0 aliphatic heterocycles. The van der Waals surface area contributed by atoms with Crippen LogP contribution in [0.4, 0.5) is 0 Å². The summed E-state index contributed by atoms with van der Waals surface area (Å²) in [5.74, 6) is 5.62. The molecule has 0 aromatic carbocycles. The number of thiazole rings is 1. The number of nitrogens with one attached hydrogen (secondary N) is 1. The van der Waals surface area contributed by atoms with Crippen LogP contribution in [0.3, 0.4) is 0 Å². The van der Waals surface area contributed by atoms with E-state index in [0.717, 1.165) is 34.4 Å². The summed E-state index contributed by atoms with van der Waals surface area (Å²) >= 11 is 5.18. The van der Waals surface area contributed by atoms with Crippen LogP contribution in [-0.2, 0) is 19.9 Å².